The standard InChI is InChI=1S/C23H22ClF3N4O5S.C7H4F3NO2/c1-2-36-22(33)17-11-16(12-28)20(29-19(17)23(25,26)27)31-9-7-14(8-10-31)21(32)30-37(34,35)13-15-5-3-4-6-18(15)24;8-7(9,10)13-6(12)5-2-1-3-11-4-5/h3-6,11,14H,2,7-10,13H2,1H3,(H,30,32);1-4H. The monoisotopic (exact) mass is 749 g/mol. The van der Waals surface area contributed by atoms with E-state index in [1.165, 1.54) is 42.3 Å². The molecule has 1 N–H and O–H groups in total. The zero-order chi connectivity index (χ0) is 37.3. The van der Waals surface area contributed by atoms with E-state index in [4.69, 9.17) is 11.6 Å². The van der Waals surface area contributed by atoms with Crippen molar-refractivity contribution in [2.45, 2.75) is 38.1 Å². The summed E-state index contributed by atoms with van der Waals surface area (Å²) in [5, 5.41) is 9.73. The number of anilines is 1. The maximum Gasteiger partial charge on any atom is 0.575 e. The minimum Gasteiger partial charge on any atom is -0.462 e. The molecule has 0 saturated carbocycles. The highest BCUT2D eigenvalue weighted by Crippen LogP contribution is 2.35. The number of hydrogen-bond donors (Lipinski definition) is 1. The first-order valence-electron chi connectivity index (χ1n) is 14.3. The topological polar surface area (TPSA) is 169 Å². The normalized spacial score (nSPS) is 13.7. The van der Waals surface area contributed by atoms with Crippen LogP contribution in [0.1, 0.15) is 57.3 Å². The van der Waals surface area contributed by atoms with Gasteiger partial charge in [-0.05, 0) is 49.6 Å². The van der Waals surface area contributed by atoms with Gasteiger partial charge in [-0.2, -0.15) is 18.4 Å². The number of rotatable bonds is 8. The largest absolute Gasteiger partial charge is 0.575 e. The van der Waals surface area contributed by atoms with Crippen LogP contribution in [-0.2, 0) is 36.2 Å². The van der Waals surface area contributed by atoms with E-state index in [2.05, 4.69) is 19.4 Å². The highest BCUT2D eigenvalue weighted by molar-refractivity contribution is 7.89. The lowest BCUT2D eigenvalue weighted by Gasteiger charge is -2.33. The molecule has 1 amide bonds. The van der Waals surface area contributed by atoms with Crippen LogP contribution in [0.3, 0.4) is 0 Å². The second-order valence-corrected chi connectivity index (χ2v) is 12.4. The van der Waals surface area contributed by atoms with E-state index in [-0.39, 0.29) is 54.5 Å². The Balaban J connectivity index is 0.000000436. The van der Waals surface area contributed by atoms with E-state index in [1.807, 2.05) is 4.72 Å². The van der Waals surface area contributed by atoms with Crippen molar-refractivity contribution in [1.82, 2.24) is 14.7 Å². The SMILES string of the molecule is CCOC(=O)c1cc(C#N)c(N2CCC(C(=O)NS(=O)(=O)Cc3ccccc3Cl)CC2)nc1C(F)(F)F.O=C(OC(F)(F)F)c1cccnc1. The van der Waals surface area contributed by atoms with E-state index in [9.17, 15) is 54.4 Å². The van der Waals surface area contributed by atoms with Crippen LogP contribution >= 0.6 is 11.6 Å². The zero-order valence-electron chi connectivity index (χ0n) is 25.7. The first-order chi connectivity index (χ1) is 23.3. The fraction of sp³-hybridized carbons (Fsp3) is 0.333. The predicted octanol–water partition coefficient (Wildman–Crippen LogP) is 5.42. The average molecular weight is 750 g/mol. The molecule has 12 nitrogen and oxygen atoms in total. The number of pyridine rings is 2. The number of ether oxygens (including phenoxy) is 2. The smallest absolute Gasteiger partial charge is 0.462 e. The lowest BCUT2D eigenvalue weighted by atomic mass is 9.96. The molecular weight excluding hydrogens is 724 g/mol. The molecule has 268 valence electrons. The lowest BCUT2D eigenvalue weighted by molar-refractivity contribution is -0.291. The molecule has 20 heteroatoms. The van der Waals surface area contributed by atoms with Crippen LogP contribution in [0.2, 0.25) is 5.02 Å². The molecule has 0 atom stereocenters. The first-order valence-corrected chi connectivity index (χ1v) is 16.3. The Morgan fingerprint density at radius 1 is 1.06 bits per heavy atom. The number of carbonyl (C=O) groups excluding carboxylic acids is 3. The average Bonchev–Trinajstić information content (AvgIpc) is 3.04. The first kappa shape index (κ1) is 39.5. The van der Waals surface area contributed by atoms with Gasteiger partial charge in [0.15, 0.2) is 5.69 Å². The minimum atomic E-state index is -4.99. The third-order valence-corrected chi connectivity index (χ3v) is 8.29. The number of halogens is 7. The fourth-order valence-corrected chi connectivity index (χ4v) is 5.99. The van der Waals surface area contributed by atoms with E-state index in [0.29, 0.717) is 5.56 Å². The molecule has 3 heterocycles. The molecular formula is C30H26ClF6N5O7S. The van der Waals surface area contributed by atoms with Gasteiger partial charge in [0.1, 0.15) is 11.9 Å². The van der Waals surface area contributed by atoms with Crippen molar-refractivity contribution < 1.29 is 58.6 Å². The Hall–Kier alpha value is -4.96. The Morgan fingerprint density at radius 2 is 1.72 bits per heavy atom. The van der Waals surface area contributed by atoms with E-state index >= 15 is 0 Å². The Bertz CT molecular complexity index is 1850. The predicted molar refractivity (Wildman–Crippen MR) is 163 cm³/mol. The number of aromatic nitrogens is 2. The second kappa shape index (κ2) is 16.6. The summed E-state index contributed by atoms with van der Waals surface area (Å²) in [5.74, 6) is -4.97. The van der Waals surface area contributed by atoms with Gasteiger partial charge in [0.2, 0.25) is 15.9 Å². The second-order valence-electron chi connectivity index (χ2n) is 10.2. The number of piperidine rings is 1. The van der Waals surface area contributed by atoms with Gasteiger partial charge in [-0.1, -0.05) is 29.8 Å². The van der Waals surface area contributed by atoms with Crippen LogP contribution in [0.4, 0.5) is 32.2 Å². The molecule has 0 spiro atoms. The van der Waals surface area contributed by atoms with E-state index < -0.39 is 63.3 Å². The fourth-order valence-electron chi connectivity index (χ4n) is 4.50. The van der Waals surface area contributed by atoms with Gasteiger partial charge in [0.05, 0.1) is 29.1 Å². The van der Waals surface area contributed by atoms with Gasteiger partial charge >= 0.3 is 24.5 Å². The molecule has 1 saturated heterocycles. The van der Waals surface area contributed by atoms with Gasteiger partial charge in [0, 0.05) is 36.4 Å². The number of carbonyl (C=O) groups is 3. The third kappa shape index (κ3) is 11.3. The quantitative estimate of drug-likeness (QED) is 0.231. The molecule has 4 rings (SSSR count). The van der Waals surface area contributed by atoms with Crippen LogP contribution in [-0.4, -0.2) is 62.3 Å². The van der Waals surface area contributed by atoms with Crippen LogP contribution in [0, 0.1) is 17.2 Å². The lowest BCUT2D eigenvalue weighted by Crippen LogP contribution is -2.43. The van der Waals surface area contributed by atoms with Crippen molar-refractivity contribution in [2.75, 3.05) is 24.6 Å². The molecule has 1 aromatic carbocycles. The summed E-state index contributed by atoms with van der Waals surface area (Å²) in [4.78, 5) is 43.8. The number of esters is 2. The summed E-state index contributed by atoms with van der Waals surface area (Å²) in [5.41, 5.74) is -2.53. The summed E-state index contributed by atoms with van der Waals surface area (Å²) in [7, 11) is -4.04. The zero-order valence-corrected chi connectivity index (χ0v) is 27.3. The Labute approximate surface area is 286 Å². The Morgan fingerprint density at radius 3 is 2.26 bits per heavy atom. The molecule has 0 radical (unpaired) electrons. The molecule has 1 aliphatic rings. The number of nitrogens with one attached hydrogen (secondary N) is 1. The number of benzene rings is 1. The van der Waals surface area contributed by atoms with Crippen molar-refractivity contribution in [3.8, 4) is 6.07 Å². The highest BCUT2D eigenvalue weighted by atomic mass is 35.5. The summed E-state index contributed by atoms with van der Waals surface area (Å²) in [6.07, 6.45) is -7.41. The third-order valence-electron chi connectivity index (χ3n) is 6.72. The molecule has 2 aromatic heterocycles. The van der Waals surface area contributed by atoms with Crippen molar-refractivity contribution >= 4 is 45.3 Å². The molecule has 0 aliphatic carbocycles. The number of amides is 1. The number of nitriles is 1. The highest BCUT2D eigenvalue weighted by Gasteiger charge is 2.40. The number of alkyl halides is 6. The van der Waals surface area contributed by atoms with Gasteiger partial charge in [-0.3, -0.25) is 14.5 Å². The van der Waals surface area contributed by atoms with Crippen LogP contribution in [0.15, 0.2) is 54.9 Å². The number of hydrogen-bond acceptors (Lipinski definition) is 11. The van der Waals surface area contributed by atoms with Gasteiger partial charge < -0.3 is 14.4 Å². The number of sulfonamides is 1. The van der Waals surface area contributed by atoms with Crippen LogP contribution in [0.5, 0.6) is 0 Å². The summed E-state index contributed by atoms with van der Waals surface area (Å²) in [6.45, 7) is 1.32. The molecule has 3 aromatic rings. The van der Waals surface area contributed by atoms with Crippen LogP contribution < -0.4 is 9.62 Å². The molecule has 0 bridgehead atoms. The summed E-state index contributed by atoms with van der Waals surface area (Å²) < 4.78 is 110. The van der Waals surface area contributed by atoms with Crippen molar-refractivity contribution in [3.05, 3.63) is 87.8 Å². The van der Waals surface area contributed by atoms with Gasteiger partial charge in [-0.15, -0.1) is 13.2 Å². The van der Waals surface area contributed by atoms with Gasteiger partial charge in [-0.25, -0.2) is 23.0 Å². The number of nitrogens with zero attached hydrogens (tertiary/aromatic N) is 4. The van der Waals surface area contributed by atoms with Crippen molar-refractivity contribution in [3.63, 3.8) is 0 Å². The maximum atomic E-state index is 13.6. The van der Waals surface area contributed by atoms with Crippen LogP contribution in [0.25, 0.3) is 0 Å². The van der Waals surface area contributed by atoms with E-state index in [0.717, 1.165) is 12.3 Å². The van der Waals surface area contributed by atoms with Gasteiger partial charge in [0.25, 0.3) is 0 Å². The maximum absolute atomic E-state index is 13.6. The summed E-state index contributed by atoms with van der Waals surface area (Å²) in [6, 6.07) is 11.4. The summed E-state index contributed by atoms with van der Waals surface area (Å²) >= 11 is 5.99. The molecule has 1 aliphatic heterocycles. The van der Waals surface area contributed by atoms with Crippen molar-refractivity contribution in [2.24, 2.45) is 5.92 Å². The molecule has 50 heavy (non-hydrogen) atoms. The molecule has 1 fully saturated rings. The van der Waals surface area contributed by atoms with E-state index in [1.54, 1.807) is 18.2 Å². The minimum absolute atomic E-state index is 0.0282. The molecule has 0 unspecified atom stereocenters. The Kier molecular flexibility index (Phi) is 13.1. The van der Waals surface area contributed by atoms with Crippen molar-refractivity contribution in [1.29, 1.82) is 5.26 Å².